The molecule has 1 aliphatic carbocycles. The van der Waals surface area contributed by atoms with Crippen LogP contribution in [0.15, 0.2) is 0 Å². The Hall–Kier alpha value is -0.610. The van der Waals surface area contributed by atoms with Crippen LogP contribution in [0.4, 0.5) is 0 Å². The molecule has 1 unspecified atom stereocenters. The number of carbonyl (C=O) groups excluding carboxylic acids is 1. The number of nitrogens with zero attached hydrogens (tertiary/aromatic N) is 2. The van der Waals surface area contributed by atoms with Crippen LogP contribution in [0, 0.1) is 5.92 Å². The maximum absolute atomic E-state index is 12.3. The highest BCUT2D eigenvalue weighted by atomic mass is 16.5. The van der Waals surface area contributed by atoms with Gasteiger partial charge in [-0.05, 0) is 44.4 Å². The molecule has 2 aliphatic heterocycles. The average molecular weight is 308 g/mol. The van der Waals surface area contributed by atoms with Gasteiger partial charge in [-0.2, -0.15) is 0 Å². The first kappa shape index (κ1) is 16.3. The van der Waals surface area contributed by atoms with Gasteiger partial charge < -0.3 is 9.64 Å². The smallest absolute Gasteiger partial charge is 0.222 e. The van der Waals surface area contributed by atoms with Gasteiger partial charge in [-0.1, -0.05) is 13.8 Å². The summed E-state index contributed by atoms with van der Waals surface area (Å²) in [4.78, 5) is 17.1. The quantitative estimate of drug-likeness (QED) is 0.783. The largest absolute Gasteiger partial charge is 0.372 e. The van der Waals surface area contributed by atoms with Gasteiger partial charge in [-0.3, -0.25) is 9.69 Å². The molecule has 0 aromatic rings. The summed E-state index contributed by atoms with van der Waals surface area (Å²) in [5.41, 5.74) is 0.0439. The maximum atomic E-state index is 12.3. The lowest BCUT2D eigenvalue weighted by molar-refractivity contribution is -0.131. The summed E-state index contributed by atoms with van der Waals surface area (Å²) >= 11 is 0. The van der Waals surface area contributed by atoms with E-state index < -0.39 is 0 Å². The Labute approximate surface area is 135 Å². The van der Waals surface area contributed by atoms with Crippen molar-refractivity contribution in [2.75, 3.05) is 32.8 Å². The van der Waals surface area contributed by atoms with E-state index >= 15 is 0 Å². The first-order chi connectivity index (χ1) is 10.7. The second-order valence-electron chi connectivity index (χ2n) is 7.47. The van der Waals surface area contributed by atoms with Crippen LogP contribution in [0.5, 0.6) is 0 Å². The maximum Gasteiger partial charge on any atom is 0.222 e. The Balaban J connectivity index is 1.58. The summed E-state index contributed by atoms with van der Waals surface area (Å²) in [7, 11) is 0. The molecular weight excluding hydrogens is 276 g/mol. The van der Waals surface area contributed by atoms with Crippen molar-refractivity contribution in [3.63, 3.8) is 0 Å². The summed E-state index contributed by atoms with van der Waals surface area (Å²) in [5.74, 6) is 1.19. The van der Waals surface area contributed by atoms with Crippen molar-refractivity contribution in [1.82, 2.24) is 9.80 Å². The first-order valence-corrected chi connectivity index (χ1v) is 9.31. The number of hydrogen-bond donors (Lipinski definition) is 0. The van der Waals surface area contributed by atoms with E-state index in [1.165, 1.54) is 12.8 Å². The van der Waals surface area contributed by atoms with Crippen molar-refractivity contribution in [1.29, 1.82) is 0 Å². The number of carbonyl (C=O) groups is 1. The van der Waals surface area contributed by atoms with Crippen LogP contribution in [0.3, 0.4) is 0 Å². The fraction of sp³-hybridized carbons (Fsp3) is 0.944. The average Bonchev–Trinajstić information content (AvgIpc) is 3.38. The van der Waals surface area contributed by atoms with Gasteiger partial charge in [-0.15, -0.1) is 0 Å². The van der Waals surface area contributed by atoms with Crippen LogP contribution in [-0.2, 0) is 9.53 Å². The van der Waals surface area contributed by atoms with Crippen molar-refractivity contribution in [3.05, 3.63) is 0 Å². The Kier molecular flexibility index (Phi) is 5.08. The summed E-state index contributed by atoms with van der Waals surface area (Å²) in [6, 6.07) is 0.564. The van der Waals surface area contributed by atoms with Crippen LogP contribution < -0.4 is 0 Å². The summed E-state index contributed by atoms with van der Waals surface area (Å²) < 4.78 is 6.10. The van der Waals surface area contributed by atoms with Crippen LogP contribution in [0.1, 0.15) is 58.8 Å². The zero-order valence-electron chi connectivity index (χ0n) is 14.4. The number of amides is 1. The third-order valence-corrected chi connectivity index (χ3v) is 6.03. The van der Waals surface area contributed by atoms with E-state index in [1.807, 2.05) is 0 Å². The van der Waals surface area contributed by atoms with E-state index in [9.17, 15) is 4.79 Å². The molecule has 0 spiro atoms. The lowest BCUT2D eigenvalue weighted by atomic mass is 9.93. The van der Waals surface area contributed by atoms with Gasteiger partial charge in [0.05, 0.1) is 12.2 Å². The molecule has 0 N–H and O–H groups in total. The SMILES string of the molecule is CCC1(CC)CN(C2CCC(=O)N(CC3CC3)CC2)CCO1. The topological polar surface area (TPSA) is 32.8 Å². The number of likely N-dealkylation sites (tertiary alicyclic amines) is 1. The van der Waals surface area contributed by atoms with E-state index in [1.54, 1.807) is 0 Å². The standard InChI is InChI=1S/C18H32N2O2/c1-3-18(4-2)14-20(11-12-22-18)16-7-8-17(21)19(10-9-16)13-15-5-6-15/h15-16H,3-14H2,1-2H3. The predicted octanol–water partition coefficient (Wildman–Crippen LogP) is 2.67. The van der Waals surface area contributed by atoms with Crippen molar-refractivity contribution in [2.45, 2.75) is 70.4 Å². The zero-order valence-corrected chi connectivity index (χ0v) is 14.4. The molecule has 1 atom stereocenters. The summed E-state index contributed by atoms with van der Waals surface area (Å²) in [5, 5.41) is 0. The third kappa shape index (κ3) is 3.65. The van der Waals surface area contributed by atoms with Crippen molar-refractivity contribution in [2.24, 2.45) is 5.92 Å². The van der Waals surface area contributed by atoms with Crippen molar-refractivity contribution < 1.29 is 9.53 Å². The Morgan fingerprint density at radius 3 is 2.59 bits per heavy atom. The second-order valence-corrected chi connectivity index (χ2v) is 7.47. The van der Waals surface area contributed by atoms with Crippen LogP contribution >= 0.6 is 0 Å². The fourth-order valence-corrected chi connectivity index (χ4v) is 4.06. The minimum Gasteiger partial charge on any atom is -0.372 e. The van der Waals surface area contributed by atoms with Gasteiger partial charge in [0.15, 0.2) is 0 Å². The predicted molar refractivity (Wildman–Crippen MR) is 87.8 cm³/mol. The second kappa shape index (κ2) is 6.88. The molecule has 1 saturated carbocycles. The first-order valence-electron chi connectivity index (χ1n) is 9.31. The number of hydrogen-bond acceptors (Lipinski definition) is 3. The van der Waals surface area contributed by atoms with E-state index in [4.69, 9.17) is 4.74 Å². The molecule has 2 saturated heterocycles. The Morgan fingerprint density at radius 2 is 1.91 bits per heavy atom. The minimum atomic E-state index is 0.0439. The molecular formula is C18H32N2O2. The molecule has 126 valence electrons. The minimum absolute atomic E-state index is 0.0439. The fourth-order valence-electron chi connectivity index (χ4n) is 4.06. The van der Waals surface area contributed by atoms with E-state index in [2.05, 4.69) is 23.6 Å². The van der Waals surface area contributed by atoms with Crippen molar-refractivity contribution in [3.8, 4) is 0 Å². The van der Waals surface area contributed by atoms with Gasteiger partial charge in [-0.25, -0.2) is 0 Å². The highest BCUT2D eigenvalue weighted by Crippen LogP contribution is 2.32. The van der Waals surface area contributed by atoms with Gasteiger partial charge in [0.25, 0.3) is 0 Å². The van der Waals surface area contributed by atoms with E-state index in [-0.39, 0.29) is 5.60 Å². The van der Waals surface area contributed by atoms with Gasteiger partial charge in [0.2, 0.25) is 5.91 Å². The molecule has 4 nitrogen and oxygen atoms in total. The molecule has 0 aromatic heterocycles. The molecule has 22 heavy (non-hydrogen) atoms. The zero-order chi connectivity index (χ0) is 15.6. The molecule has 1 amide bonds. The molecule has 4 heteroatoms. The highest BCUT2D eigenvalue weighted by molar-refractivity contribution is 5.76. The number of morpholine rings is 1. The summed E-state index contributed by atoms with van der Waals surface area (Å²) in [6.45, 7) is 9.37. The van der Waals surface area contributed by atoms with Crippen LogP contribution in [0.25, 0.3) is 0 Å². The summed E-state index contributed by atoms with van der Waals surface area (Å²) in [6.07, 6.45) is 7.72. The normalized spacial score (nSPS) is 30.4. The van der Waals surface area contributed by atoms with Crippen molar-refractivity contribution >= 4 is 5.91 Å². The molecule has 0 radical (unpaired) electrons. The number of rotatable bonds is 5. The lowest BCUT2D eigenvalue weighted by Crippen LogP contribution is -2.54. The van der Waals surface area contributed by atoms with Crippen LogP contribution in [-0.4, -0.2) is 60.1 Å². The molecule has 0 aromatic carbocycles. The van der Waals surface area contributed by atoms with E-state index in [0.29, 0.717) is 11.9 Å². The number of ether oxygens (including phenoxy) is 1. The molecule has 3 aliphatic rings. The van der Waals surface area contributed by atoms with Gasteiger partial charge in [0.1, 0.15) is 0 Å². The van der Waals surface area contributed by atoms with Crippen LogP contribution in [0.2, 0.25) is 0 Å². The lowest BCUT2D eigenvalue weighted by Gasteiger charge is -2.45. The Morgan fingerprint density at radius 1 is 1.14 bits per heavy atom. The van der Waals surface area contributed by atoms with Gasteiger partial charge in [0, 0.05) is 38.6 Å². The monoisotopic (exact) mass is 308 g/mol. The van der Waals surface area contributed by atoms with E-state index in [0.717, 1.165) is 70.8 Å². The molecule has 3 fully saturated rings. The molecule has 0 bridgehead atoms. The molecule has 3 rings (SSSR count). The molecule has 2 heterocycles. The third-order valence-electron chi connectivity index (χ3n) is 6.03. The highest BCUT2D eigenvalue weighted by Gasteiger charge is 2.37. The Bertz CT molecular complexity index is 391. The van der Waals surface area contributed by atoms with Gasteiger partial charge >= 0.3 is 0 Å².